The second kappa shape index (κ2) is 7.91. The fraction of sp³-hybridized carbons (Fsp3) is 0.562. The van der Waals surface area contributed by atoms with E-state index in [1.807, 2.05) is 17.5 Å². The number of hydrogen-bond donors (Lipinski definition) is 1. The van der Waals surface area contributed by atoms with E-state index < -0.39 is 24.1 Å². The molecule has 1 heterocycles. The average Bonchev–Trinajstić information content (AvgIpc) is 2.84. The largest absolute Gasteiger partial charge is 0.453 e. The number of ether oxygens (including phenoxy) is 2. The van der Waals surface area contributed by atoms with Crippen LogP contribution in [-0.2, 0) is 28.7 Å². The first-order valence-electron chi connectivity index (χ1n) is 7.93. The van der Waals surface area contributed by atoms with E-state index in [1.165, 1.54) is 6.92 Å². The van der Waals surface area contributed by atoms with Gasteiger partial charge in [-0.3, -0.25) is 29.4 Å². The van der Waals surface area contributed by atoms with Crippen molar-refractivity contribution in [1.29, 1.82) is 0 Å². The Hall–Kier alpha value is -2.71. The van der Waals surface area contributed by atoms with Crippen molar-refractivity contribution >= 4 is 29.8 Å². The van der Waals surface area contributed by atoms with E-state index >= 15 is 0 Å². The molecule has 2 aliphatic rings. The van der Waals surface area contributed by atoms with Gasteiger partial charge in [0.1, 0.15) is 0 Å². The minimum Gasteiger partial charge on any atom is -0.453 e. The van der Waals surface area contributed by atoms with Crippen LogP contribution >= 0.6 is 0 Å². The number of alkyl carbamates (subject to hydrolysis) is 1. The topological polar surface area (TPSA) is 119 Å². The monoisotopic (exact) mass is 352 g/mol. The lowest BCUT2D eigenvalue weighted by Crippen LogP contribution is -2.40. The molecule has 0 radical (unpaired) electrons. The highest BCUT2D eigenvalue weighted by atomic mass is 16.6. The summed E-state index contributed by atoms with van der Waals surface area (Å²) in [6.45, 7) is 1.21. The number of nitrogens with one attached hydrogen (secondary N) is 1. The molecular weight excluding hydrogens is 332 g/mol. The smallest absolute Gasteiger partial charge is 0.413 e. The standard InChI is InChI=1S/C16H20N2O7/c1-9(13(20)17-16(23)24-2)25-12(19)7-8-18-14(21)10-5-3-4-6-11(10)15(18)22/h3-4,9-11H,5-8H2,1-2H3,(H,17,20,23)/t9-,10-,11-/m0/s1. The highest BCUT2D eigenvalue weighted by Crippen LogP contribution is 2.34. The van der Waals surface area contributed by atoms with Gasteiger partial charge in [-0.05, 0) is 19.8 Å². The van der Waals surface area contributed by atoms with Gasteiger partial charge in [-0.2, -0.15) is 0 Å². The highest BCUT2D eigenvalue weighted by molar-refractivity contribution is 6.05. The molecule has 1 aliphatic carbocycles. The van der Waals surface area contributed by atoms with Crippen molar-refractivity contribution in [1.82, 2.24) is 10.2 Å². The predicted molar refractivity (Wildman–Crippen MR) is 82.8 cm³/mol. The van der Waals surface area contributed by atoms with Crippen molar-refractivity contribution in [3.63, 3.8) is 0 Å². The Kier molecular flexibility index (Phi) is 5.89. The van der Waals surface area contributed by atoms with Gasteiger partial charge in [0.2, 0.25) is 11.8 Å². The molecule has 4 amide bonds. The zero-order valence-electron chi connectivity index (χ0n) is 14.0. The van der Waals surface area contributed by atoms with E-state index in [4.69, 9.17) is 4.74 Å². The number of fused-ring (bicyclic) bond motifs is 1. The van der Waals surface area contributed by atoms with Crippen LogP contribution in [0.5, 0.6) is 0 Å². The summed E-state index contributed by atoms with van der Waals surface area (Å²) in [6.07, 6.45) is 2.43. The van der Waals surface area contributed by atoms with E-state index in [0.717, 1.165) is 12.0 Å². The molecule has 9 nitrogen and oxygen atoms in total. The van der Waals surface area contributed by atoms with Crippen molar-refractivity contribution in [3.8, 4) is 0 Å². The molecule has 1 saturated heterocycles. The van der Waals surface area contributed by atoms with Crippen molar-refractivity contribution in [2.75, 3.05) is 13.7 Å². The second-order valence-electron chi connectivity index (χ2n) is 5.85. The summed E-state index contributed by atoms with van der Waals surface area (Å²) in [5, 5.41) is 1.88. The summed E-state index contributed by atoms with van der Waals surface area (Å²) in [6, 6.07) is 0. The summed E-state index contributed by atoms with van der Waals surface area (Å²) < 4.78 is 9.15. The van der Waals surface area contributed by atoms with Crippen LogP contribution in [0.4, 0.5) is 4.79 Å². The zero-order valence-corrected chi connectivity index (χ0v) is 14.0. The Morgan fingerprint density at radius 1 is 1.20 bits per heavy atom. The number of carbonyl (C=O) groups is 5. The lowest BCUT2D eigenvalue weighted by Gasteiger charge is -2.16. The van der Waals surface area contributed by atoms with Gasteiger partial charge in [-0.25, -0.2) is 4.79 Å². The first kappa shape index (κ1) is 18.6. The molecule has 0 saturated carbocycles. The number of likely N-dealkylation sites (tertiary alicyclic amines) is 1. The summed E-state index contributed by atoms with van der Waals surface area (Å²) in [4.78, 5) is 59.9. The van der Waals surface area contributed by atoms with Gasteiger partial charge in [-0.15, -0.1) is 0 Å². The van der Waals surface area contributed by atoms with Gasteiger partial charge in [-0.1, -0.05) is 12.2 Å². The highest BCUT2D eigenvalue weighted by Gasteiger charge is 2.47. The van der Waals surface area contributed by atoms with Crippen LogP contribution in [0, 0.1) is 11.8 Å². The number of imide groups is 2. The number of allylic oxidation sites excluding steroid dienone is 2. The number of nitrogens with zero attached hydrogens (tertiary/aromatic N) is 1. The van der Waals surface area contributed by atoms with Crippen molar-refractivity contribution in [2.24, 2.45) is 11.8 Å². The van der Waals surface area contributed by atoms with Gasteiger partial charge in [0.25, 0.3) is 5.91 Å². The molecule has 0 bridgehead atoms. The van der Waals surface area contributed by atoms with Crippen LogP contribution < -0.4 is 5.32 Å². The number of methoxy groups -OCH3 is 1. The second-order valence-corrected chi connectivity index (χ2v) is 5.85. The van der Waals surface area contributed by atoms with E-state index in [1.54, 1.807) is 0 Å². The fourth-order valence-corrected chi connectivity index (χ4v) is 2.86. The Labute approximate surface area is 144 Å². The van der Waals surface area contributed by atoms with Gasteiger partial charge in [0, 0.05) is 6.54 Å². The summed E-state index contributed by atoms with van der Waals surface area (Å²) in [5.41, 5.74) is 0. The maximum Gasteiger partial charge on any atom is 0.413 e. The SMILES string of the molecule is COC(=O)NC(=O)[C@H](C)OC(=O)CCN1C(=O)[C@H]2CC=CC[C@@H]2C1=O. The normalized spacial score (nSPS) is 23.0. The molecule has 9 heteroatoms. The van der Waals surface area contributed by atoms with Crippen LogP contribution in [0.15, 0.2) is 12.2 Å². The van der Waals surface area contributed by atoms with Gasteiger partial charge >= 0.3 is 12.1 Å². The summed E-state index contributed by atoms with van der Waals surface area (Å²) in [7, 11) is 1.09. The van der Waals surface area contributed by atoms with Gasteiger partial charge in [0.15, 0.2) is 6.10 Å². The molecule has 0 aromatic carbocycles. The van der Waals surface area contributed by atoms with E-state index in [9.17, 15) is 24.0 Å². The molecule has 25 heavy (non-hydrogen) atoms. The molecule has 1 aliphatic heterocycles. The third-order valence-corrected chi connectivity index (χ3v) is 4.23. The van der Waals surface area contributed by atoms with Crippen LogP contribution in [0.3, 0.4) is 0 Å². The van der Waals surface area contributed by atoms with Crippen molar-refractivity contribution in [3.05, 3.63) is 12.2 Å². The molecule has 1 N–H and O–H groups in total. The fourth-order valence-electron chi connectivity index (χ4n) is 2.86. The Balaban J connectivity index is 1.82. The molecule has 3 atom stereocenters. The van der Waals surface area contributed by atoms with Crippen molar-refractivity contribution in [2.45, 2.75) is 32.3 Å². The third-order valence-electron chi connectivity index (χ3n) is 4.23. The van der Waals surface area contributed by atoms with Crippen LogP contribution in [0.2, 0.25) is 0 Å². The first-order chi connectivity index (χ1) is 11.8. The van der Waals surface area contributed by atoms with Gasteiger partial charge in [0.05, 0.1) is 25.4 Å². The van der Waals surface area contributed by atoms with Crippen molar-refractivity contribution < 1.29 is 33.4 Å². The Bertz CT molecular complexity index is 602. The summed E-state index contributed by atoms with van der Waals surface area (Å²) in [5.74, 6) is -2.82. The molecule has 0 aromatic rings. The number of amides is 4. The maximum atomic E-state index is 12.3. The van der Waals surface area contributed by atoms with Gasteiger partial charge < -0.3 is 9.47 Å². The molecule has 0 aromatic heterocycles. The lowest BCUT2D eigenvalue weighted by molar-refractivity contribution is -0.155. The Morgan fingerprint density at radius 2 is 1.76 bits per heavy atom. The van der Waals surface area contributed by atoms with E-state index in [0.29, 0.717) is 12.8 Å². The minimum atomic E-state index is -1.21. The quantitative estimate of drug-likeness (QED) is 0.425. The maximum absolute atomic E-state index is 12.3. The first-order valence-corrected chi connectivity index (χ1v) is 7.93. The molecular formula is C16H20N2O7. The molecule has 2 rings (SSSR count). The Morgan fingerprint density at radius 3 is 2.28 bits per heavy atom. The van der Waals surface area contributed by atoms with Crippen LogP contribution in [0.1, 0.15) is 26.2 Å². The lowest BCUT2D eigenvalue weighted by atomic mass is 9.85. The van der Waals surface area contributed by atoms with Crippen LogP contribution in [0.25, 0.3) is 0 Å². The molecule has 0 spiro atoms. The molecule has 1 fully saturated rings. The van der Waals surface area contributed by atoms with E-state index in [2.05, 4.69) is 4.74 Å². The number of esters is 1. The minimum absolute atomic E-state index is 0.0885. The molecule has 136 valence electrons. The molecule has 0 unspecified atom stereocenters. The third kappa shape index (κ3) is 4.23. The average molecular weight is 352 g/mol. The number of hydrogen-bond acceptors (Lipinski definition) is 7. The number of rotatable bonds is 5. The van der Waals surface area contributed by atoms with E-state index in [-0.39, 0.29) is 36.6 Å². The summed E-state index contributed by atoms with van der Waals surface area (Å²) >= 11 is 0. The number of carbonyl (C=O) groups excluding carboxylic acids is 5. The van der Waals surface area contributed by atoms with Crippen LogP contribution in [-0.4, -0.2) is 54.4 Å². The predicted octanol–water partition coefficient (Wildman–Crippen LogP) is 0.142. The zero-order chi connectivity index (χ0) is 18.6.